The fourth-order valence-electron chi connectivity index (χ4n) is 2.98. The van der Waals surface area contributed by atoms with Crippen LogP contribution in [0.5, 0.6) is 5.75 Å². The van der Waals surface area contributed by atoms with Crippen molar-refractivity contribution in [2.75, 3.05) is 0 Å². The summed E-state index contributed by atoms with van der Waals surface area (Å²) < 4.78 is 9.64. The smallest absolute Gasteiger partial charge is 0.216 e. The van der Waals surface area contributed by atoms with Crippen molar-refractivity contribution < 1.29 is 4.74 Å². The van der Waals surface area contributed by atoms with Crippen LogP contribution in [0, 0.1) is 18.6 Å². The van der Waals surface area contributed by atoms with Gasteiger partial charge in [0.05, 0.1) is 23.3 Å². The van der Waals surface area contributed by atoms with E-state index in [1.165, 1.54) is 0 Å². The molecule has 0 fully saturated rings. The largest absolute Gasteiger partial charge is 0.486 e. The molecular weight excluding hydrogens is 384 g/mol. The lowest BCUT2D eigenvalue weighted by molar-refractivity contribution is 0.290. The highest BCUT2D eigenvalue weighted by Crippen LogP contribution is 2.16. The van der Waals surface area contributed by atoms with E-state index >= 15 is 0 Å². The van der Waals surface area contributed by atoms with Gasteiger partial charge in [-0.2, -0.15) is 20.0 Å². The molecule has 4 aromatic rings. The molecule has 0 aliphatic heterocycles. The predicted molar refractivity (Wildman–Crippen MR) is 114 cm³/mol. The van der Waals surface area contributed by atoms with Gasteiger partial charge in [0.15, 0.2) is 5.82 Å². The molecule has 0 spiro atoms. The zero-order valence-corrected chi connectivity index (χ0v) is 16.9. The SMILES string of the molecule is Cc1nn(-c2ccccc2)c(C)c1C=Nn1c(COc2ccccc2)n[nH]c1=S. The molecule has 0 aliphatic rings. The summed E-state index contributed by atoms with van der Waals surface area (Å²) in [5.74, 6) is 1.34. The van der Waals surface area contributed by atoms with Crippen LogP contribution in [-0.2, 0) is 6.61 Å². The normalized spacial score (nSPS) is 11.2. The number of nitrogens with one attached hydrogen (secondary N) is 1. The van der Waals surface area contributed by atoms with E-state index in [9.17, 15) is 0 Å². The van der Waals surface area contributed by atoms with Gasteiger partial charge in [-0.25, -0.2) is 9.78 Å². The molecule has 4 rings (SSSR count). The van der Waals surface area contributed by atoms with Crippen LogP contribution in [0.15, 0.2) is 65.8 Å². The van der Waals surface area contributed by atoms with Gasteiger partial charge in [0.2, 0.25) is 4.77 Å². The molecule has 0 saturated carbocycles. The number of ether oxygens (including phenoxy) is 1. The van der Waals surface area contributed by atoms with Crippen molar-refractivity contribution >= 4 is 18.4 Å². The summed E-state index contributed by atoms with van der Waals surface area (Å²) >= 11 is 5.32. The van der Waals surface area contributed by atoms with Crippen molar-refractivity contribution in [2.45, 2.75) is 20.5 Å². The van der Waals surface area contributed by atoms with Gasteiger partial charge in [-0.3, -0.25) is 0 Å². The molecule has 0 bridgehead atoms. The number of para-hydroxylation sites is 2. The van der Waals surface area contributed by atoms with Crippen molar-refractivity contribution in [3.8, 4) is 11.4 Å². The van der Waals surface area contributed by atoms with E-state index in [4.69, 9.17) is 17.0 Å². The summed E-state index contributed by atoms with van der Waals surface area (Å²) in [5.41, 5.74) is 3.82. The maximum atomic E-state index is 5.77. The van der Waals surface area contributed by atoms with E-state index in [2.05, 4.69) is 20.4 Å². The third-order valence-electron chi connectivity index (χ3n) is 4.48. The van der Waals surface area contributed by atoms with Crippen LogP contribution >= 0.6 is 12.2 Å². The van der Waals surface area contributed by atoms with Gasteiger partial charge in [0.1, 0.15) is 12.4 Å². The van der Waals surface area contributed by atoms with Crippen LogP contribution in [0.3, 0.4) is 0 Å². The molecule has 2 heterocycles. The average Bonchev–Trinajstić information content (AvgIpc) is 3.25. The number of hydrogen-bond donors (Lipinski definition) is 1. The molecule has 29 heavy (non-hydrogen) atoms. The summed E-state index contributed by atoms with van der Waals surface area (Å²) in [6.07, 6.45) is 1.76. The Labute approximate surface area is 173 Å². The number of aromatic nitrogens is 5. The number of H-pyrrole nitrogens is 1. The lowest BCUT2D eigenvalue weighted by Gasteiger charge is -2.05. The van der Waals surface area contributed by atoms with Gasteiger partial charge in [-0.1, -0.05) is 36.4 Å². The second kappa shape index (κ2) is 8.24. The zero-order chi connectivity index (χ0) is 20.2. The highest BCUT2D eigenvalue weighted by atomic mass is 32.1. The van der Waals surface area contributed by atoms with E-state index in [0.29, 0.717) is 10.6 Å². The molecule has 8 heteroatoms. The first-order valence-corrected chi connectivity index (χ1v) is 9.54. The summed E-state index contributed by atoms with van der Waals surface area (Å²) in [5, 5.41) is 16.2. The average molecular weight is 404 g/mol. The Bertz CT molecular complexity index is 1190. The van der Waals surface area contributed by atoms with Crippen molar-refractivity contribution in [1.29, 1.82) is 0 Å². The standard InChI is InChI=1S/C21H20N6OS/c1-15-19(16(2)26(25-15)17-9-5-3-6-10-17)13-22-27-20(23-24-21(27)29)14-28-18-11-7-4-8-12-18/h3-13H,14H2,1-2H3,(H,24,29). The number of nitrogens with zero attached hydrogens (tertiary/aromatic N) is 5. The predicted octanol–water partition coefficient (Wildman–Crippen LogP) is 4.20. The van der Waals surface area contributed by atoms with Crippen molar-refractivity contribution in [3.05, 3.63) is 88.2 Å². The highest BCUT2D eigenvalue weighted by Gasteiger charge is 2.12. The second-order valence-electron chi connectivity index (χ2n) is 6.43. The van der Waals surface area contributed by atoms with Crippen molar-refractivity contribution in [3.63, 3.8) is 0 Å². The van der Waals surface area contributed by atoms with Crippen LogP contribution in [0.25, 0.3) is 5.69 Å². The Balaban J connectivity index is 1.60. The first-order chi connectivity index (χ1) is 14.1. The number of benzene rings is 2. The van der Waals surface area contributed by atoms with Gasteiger partial charge >= 0.3 is 0 Å². The molecule has 2 aromatic carbocycles. The molecule has 0 aliphatic carbocycles. The fourth-order valence-corrected chi connectivity index (χ4v) is 3.18. The molecular formula is C21H20N6OS. The van der Waals surface area contributed by atoms with Crippen LogP contribution in [-0.4, -0.2) is 30.9 Å². The van der Waals surface area contributed by atoms with Gasteiger partial charge in [0.25, 0.3) is 0 Å². The molecule has 1 N–H and O–H groups in total. The van der Waals surface area contributed by atoms with Gasteiger partial charge in [-0.05, 0) is 50.3 Å². The highest BCUT2D eigenvalue weighted by molar-refractivity contribution is 7.71. The molecule has 2 aromatic heterocycles. The number of hydrogen-bond acceptors (Lipinski definition) is 5. The maximum absolute atomic E-state index is 5.77. The third kappa shape index (κ3) is 4.02. The van der Waals surface area contributed by atoms with E-state index in [1.807, 2.05) is 79.2 Å². The molecule has 0 saturated heterocycles. The van der Waals surface area contributed by atoms with E-state index < -0.39 is 0 Å². The van der Waals surface area contributed by atoms with E-state index in [0.717, 1.165) is 28.4 Å². The molecule has 0 amide bonds. The minimum atomic E-state index is 0.246. The number of aromatic amines is 1. The molecule has 146 valence electrons. The van der Waals surface area contributed by atoms with Crippen LogP contribution in [0.1, 0.15) is 22.8 Å². The first kappa shape index (κ1) is 18.8. The van der Waals surface area contributed by atoms with Gasteiger partial charge in [0, 0.05) is 5.56 Å². The summed E-state index contributed by atoms with van der Waals surface area (Å²) in [6, 6.07) is 19.6. The monoisotopic (exact) mass is 404 g/mol. The number of rotatable bonds is 6. The van der Waals surface area contributed by atoms with Crippen LogP contribution in [0.4, 0.5) is 0 Å². The first-order valence-electron chi connectivity index (χ1n) is 9.13. The Morgan fingerprint density at radius 3 is 2.48 bits per heavy atom. The van der Waals surface area contributed by atoms with Gasteiger partial charge < -0.3 is 4.74 Å². The number of aryl methyl sites for hydroxylation is 1. The summed E-state index contributed by atoms with van der Waals surface area (Å²) in [7, 11) is 0. The Morgan fingerprint density at radius 1 is 1.07 bits per heavy atom. The minimum Gasteiger partial charge on any atom is -0.486 e. The Hall–Kier alpha value is -3.52. The molecule has 0 atom stereocenters. The zero-order valence-electron chi connectivity index (χ0n) is 16.1. The lowest BCUT2D eigenvalue weighted by atomic mass is 10.2. The molecule has 7 nitrogen and oxygen atoms in total. The van der Waals surface area contributed by atoms with Crippen LogP contribution < -0.4 is 4.74 Å². The topological polar surface area (TPSA) is 73.0 Å². The van der Waals surface area contributed by atoms with Crippen molar-refractivity contribution in [1.82, 2.24) is 24.7 Å². The van der Waals surface area contributed by atoms with E-state index in [1.54, 1.807) is 10.9 Å². The summed E-state index contributed by atoms with van der Waals surface area (Å²) in [4.78, 5) is 0. The quantitative estimate of drug-likeness (QED) is 0.386. The van der Waals surface area contributed by atoms with Crippen molar-refractivity contribution in [2.24, 2.45) is 5.10 Å². The second-order valence-corrected chi connectivity index (χ2v) is 6.82. The molecule has 0 unspecified atom stereocenters. The van der Waals surface area contributed by atoms with Gasteiger partial charge in [-0.15, -0.1) is 0 Å². The van der Waals surface area contributed by atoms with Crippen LogP contribution in [0.2, 0.25) is 0 Å². The lowest BCUT2D eigenvalue weighted by Crippen LogP contribution is -2.04. The van der Waals surface area contributed by atoms with E-state index in [-0.39, 0.29) is 6.61 Å². The molecule has 0 radical (unpaired) electrons. The third-order valence-corrected chi connectivity index (χ3v) is 4.74. The minimum absolute atomic E-state index is 0.246. The Morgan fingerprint density at radius 2 is 1.76 bits per heavy atom. The Kier molecular flexibility index (Phi) is 5.35. The summed E-state index contributed by atoms with van der Waals surface area (Å²) in [6.45, 7) is 4.22. The maximum Gasteiger partial charge on any atom is 0.216 e. The fraction of sp³-hybridized carbons (Fsp3) is 0.143.